The lowest BCUT2D eigenvalue weighted by Gasteiger charge is -2.49. The molecule has 2 amide bonds. The standard InChI is InChI=1S/C26H26N8O5S3/c27-25-29-16(11-41-25)9-39-32-18(17-12-42-26(28)30-17)21(35)31-19-22(36)34-20(24(37)38)15(10-40-23(19)34)8-33-6-5-13-3-1-2-4-14(13)7-33/h5-7,11-12,19,23H,1-4,8-10H2,(H5-,27,28,29,30,31,35,37,38)/p+1/b32-18-/t19?,23-/m1/s1. The first-order valence-corrected chi connectivity index (χ1v) is 15.9. The molecule has 0 aromatic carbocycles. The molecule has 2 atom stereocenters. The van der Waals surface area contributed by atoms with E-state index in [1.54, 1.807) is 10.8 Å². The van der Waals surface area contributed by atoms with Crippen LogP contribution in [0.1, 0.15) is 35.4 Å². The van der Waals surface area contributed by atoms with Crippen LogP contribution in [-0.2, 0) is 45.2 Å². The molecule has 13 nitrogen and oxygen atoms in total. The van der Waals surface area contributed by atoms with Crippen LogP contribution in [0.4, 0.5) is 10.3 Å². The monoisotopic (exact) mass is 627 g/mol. The van der Waals surface area contributed by atoms with Crippen LogP contribution in [0.3, 0.4) is 0 Å². The van der Waals surface area contributed by atoms with Crippen LogP contribution in [0.25, 0.3) is 0 Å². The van der Waals surface area contributed by atoms with Gasteiger partial charge in [0.2, 0.25) is 0 Å². The number of pyridine rings is 1. The van der Waals surface area contributed by atoms with Gasteiger partial charge in [0.25, 0.3) is 11.8 Å². The highest BCUT2D eigenvalue weighted by molar-refractivity contribution is 8.00. The van der Waals surface area contributed by atoms with Crippen molar-refractivity contribution in [3.63, 3.8) is 0 Å². The number of thioether (sulfide) groups is 1. The van der Waals surface area contributed by atoms with Crippen molar-refractivity contribution >= 4 is 68.2 Å². The average molecular weight is 628 g/mol. The summed E-state index contributed by atoms with van der Waals surface area (Å²) in [6, 6.07) is 1.15. The second kappa shape index (κ2) is 11.7. The number of amides is 2. The molecule has 42 heavy (non-hydrogen) atoms. The molecule has 0 radical (unpaired) electrons. The highest BCUT2D eigenvalue weighted by atomic mass is 32.2. The number of carboxylic acid groups (broad SMARTS) is 1. The summed E-state index contributed by atoms with van der Waals surface area (Å²) < 4.78 is 1.98. The van der Waals surface area contributed by atoms with Crippen molar-refractivity contribution < 1.29 is 28.9 Å². The third kappa shape index (κ3) is 5.56. The summed E-state index contributed by atoms with van der Waals surface area (Å²) in [5.74, 6) is -1.99. The third-order valence-electron chi connectivity index (χ3n) is 7.17. The van der Waals surface area contributed by atoms with Crippen LogP contribution < -0.4 is 21.4 Å². The minimum Gasteiger partial charge on any atom is -0.477 e. The summed E-state index contributed by atoms with van der Waals surface area (Å²) in [4.78, 5) is 53.8. The number of hydrogen-bond donors (Lipinski definition) is 4. The minimum atomic E-state index is -1.18. The molecule has 0 spiro atoms. The van der Waals surface area contributed by atoms with E-state index in [4.69, 9.17) is 16.3 Å². The number of nitrogens with zero attached hydrogens (tertiary/aromatic N) is 5. The summed E-state index contributed by atoms with van der Waals surface area (Å²) in [5.41, 5.74) is 15.2. The van der Waals surface area contributed by atoms with Gasteiger partial charge in [0.05, 0.1) is 5.69 Å². The van der Waals surface area contributed by atoms with Crippen LogP contribution in [0.2, 0.25) is 0 Å². The molecule has 1 unspecified atom stereocenters. The number of fused-ring (bicyclic) bond motifs is 2. The summed E-state index contributed by atoms with van der Waals surface area (Å²) in [6.45, 7) is 0.329. The van der Waals surface area contributed by atoms with E-state index in [0.29, 0.717) is 28.7 Å². The highest BCUT2D eigenvalue weighted by Gasteiger charge is 2.54. The number of β-lactam (4-membered cyclic amide) rings is 1. The maximum absolute atomic E-state index is 13.3. The van der Waals surface area contributed by atoms with E-state index in [9.17, 15) is 19.5 Å². The molecule has 3 aromatic rings. The highest BCUT2D eigenvalue weighted by Crippen LogP contribution is 2.40. The lowest BCUT2D eigenvalue weighted by Crippen LogP contribution is -2.71. The number of nitrogen functional groups attached to an aromatic ring is 2. The lowest BCUT2D eigenvalue weighted by atomic mass is 9.93. The molecular weight excluding hydrogens is 601 g/mol. The Balaban J connectivity index is 1.18. The van der Waals surface area contributed by atoms with Gasteiger partial charge < -0.3 is 26.7 Å². The van der Waals surface area contributed by atoms with Crippen molar-refractivity contribution in [1.82, 2.24) is 20.2 Å². The second-order valence-corrected chi connectivity index (χ2v) is 12.8. The molecule has 16 heteroatoms. The van der Waals surface area contributed by atoms with Crippen molar-refractivity contribution in [2.24, 2.45) is 5.16 Å². The van der Waals surface area contributed by atoms with Crippen LogP contribution >= 0.6 is 34.4 Å². The van der Waals surface area contributed by atoms with Gasteiger partial charge in [0, 0.05) is 33.7 Å². The van der Waals surface area contributed by atoms with Gasteiger partial charge in [-0.25, -0.2) is 19.3 Å². The van der Waals surface area contributed by atoms with E-state index in [1.165, 1.54) is 45.5 Å². The van der Waals surface area contributed by atoms with E-state index in [2.05, 4.69) is 32.7 Å². The number of carbonyl (C=O) groups is 3. The van der Waals surface area contributed by atoms with E-state index < -0.39 is 29.2 Å². The second-order valence-electron chi connectivity index (χ2n) is 9.95. The molecule has 1 saturated heterocycles. The summed E-state index contributed by atoms with van der Waals surface area (Å²) in [5, 5.41) is 20.0. The molecule has 6 rings (SSSR count). The smallest absolute Gasteiger partial charge is 0.352 e. The van der Waals surface area contributed by atoms with Gasteiger partial charge in [-0.3, -0.25) is 14.5 Å². The molecule has 3 aromatic heterocycles. The van der Waals surface area contributed by atoms with Crippen molar-refractivity contribution in [3.8, 4) is 0 Å². The summed E-state index contributed by atoms with van der Waals surface area (Å²) in [7, 11) is 0. The Kier molecular flexibility index (Phi) is 7.83. The van der Waals surface area contributed by atoms with Crippen molar-refractivity contribution in [2.45, 2.75) is 50.3 Å². The van der Waals surface area contributed by atoms with Gasteiger partial charge >= 0.3 is 5.97 Å². The van der Waals surface area contributed by atoms with Gasteiger partial charge in [0.1, 0.15) is 22.8 Å². The lowest BCUT2D eigenvalue weighted by molar-refractivity contribution is -0.689. The topological polar surface area (TPSA) is 190 Å². The fraction of sp³-hybridized carbons (Fsp3) is 0.346. The number of aliphatic carboxylic acids is 1. The van der Waals surface area contributed by atoms with Gasteiger partial charge in [-0.05, 0) is 31.2 Å². The predicted molar refractivity (Wildman–Crippen MR) is 157 cm³/mol. The van der Waals surface area contributed by atoms with Crippen molar-refractivity contribution in [1.29, 1.82) is 0 Å². The zero-order chi connectivity index (χ0) is 29.4. The Morgan fingerprint density at radius 1 is 1.17 bits per heavy atom. The van der Waals surface area contributed by atoms with Crippen LogP contribution in [-0.4, -0.2) is 60.6 Å². The van der Waals surface area contributed by atoms with E-state index >= 15 is 0 Å². The van der Waals surface area contributed by atoms with Crippen LogP contribution in [0.15, 0.2) is 45.6 Å². The Bertz CT molecular complexity index is 1630. The van der Waals surface area contributed by atoms with E-state index in [0.717, 1.165) is 30.6 Å². The number of thiazole rings is 2. The maximum Gasteiger partial charge on any atom is 0.352 e. The molecule has 3 aliphatic rings. The summed E-state index contributed by atoms with van der Waals surface area (Å²) in [6.07, 6.45) is 8.43. The quantitative estimate of drug-likeness (QED) is 0.116. The number of carboxylic acids is 1. The number of nitrogens with two attached hydrogens (primary N) is 2. The number of hydrogen-bond acceptors (Lipinski definition) is 12. The van der Waals surface area contributed by atoms with Gasteiger partial charge in [-0.2, -0.15) is 0 Å². The van der Waals surface area contributed by atoms with Crippen LogP contribution in [0.5, 0.6) is 0 Å². The first-order valence-electron chi connectivity index (χ1n) is 13.1. The normalized spacial score (nSPS) is 20.0. The molecule has 0 bridgehead atoms. The first-order chi connectivity index (χ1) is 20.3. The molecule has 218 valence electrons. The van der Waals surface area contributed by atoms with Crippen molar-refractivity contribution in [3.05, 3.63) is 63.0 Å². The molecule has 6 N–H and O–H groups in total. The third-order valence-corrected chi connectivity index (χ3v) is 9.91. The fourth-order valence-corrected chi connectivity index (χ4v) is 7.64. The number of nitrogens with one attached hydrogen (secondary N) is 1. The zero-order valence-corrected chi connectivity index (χ0v) is 24.6. The molecular formula is C26H27N8O5S3+. The number of anilines is 2. The number of rotatable bonds is 9. The number of carbonyl (C=O) groups excluding carboxylic acids is 2. The van der Waals surface area contributed by atoms with Gasteiger partial charge in [0.15, 0.2) is 41.5 Å². The summed E-state index contributed by atoms with van der Waals surface area (Å²) >= 11 is 3.78. The largest absolute Gasteiger partial charge is 0.477 e. The number of oxime groups is 1. The minimum absolute atomic E-state index is 0.0313. The van der Waals surface area contributed by atoms with Gasteiger partial charge in [-0.1, -0.05) is 5.16 Å². The molecule has 0 saturated carbocycles. The average Bonchev–Trinajstić information content (AvgIpc) is 3.60. The predicted octanol–water partition coefficient (Wildman–Crippen LogP) is 1.29. The Labute approximate surface area is 252 Å². The zero-order valence-electron chi connectivity index (χ0n) is 22.2. The van der Waals surface area contributed by atoms with Crippen LogP contribution in [0, 0.1) is 0 Å². The Hall–Kier alpha value is -4.02. The molecule has 1 aliphatic carbocycles. The van der Waals surface area contributed by atoms with E-state index in [-0.39, 0.29) is 28.8 Å². The number of aromatic nitrogens is 3. The number of aryl methyl sites for hydroxylation is 2. The first kappa shape index (κ1) is 28.1. The SMILES string of the molecule is Nc1nc(CO/N=C(\C(=O)NC2C(=O)N3C(C(=O)O)=C(C[n+]4ccc5c(c4)CCCC5)CS[C@H]23)c2csc(N)n2)cs1. The maximum atomic E-state index is 13.3. The Morgan fingerprint density at radius 2 is 1.93 bits per heavy atom. The van der Waals surface area contributed by atoms with E-state index in [1.807, 2.05) is 10.8 Å². The van der Waals surface area contributed by atoms with Gasteiger partial charge in [-0.15, -0.1) is 34.4 Å². The fourth-order valence-electron chi connectivity index (χ4n) is 5.20. The Morgan fingerprint density at radius 3 is 2.64 bits per heavy atom. The van der Waals surface area contributed by atoms with Crippen molar-refractivity contribution in [2.75, 3.05) is 17.2 Å². The molecule has 5 heterocycles. The molecule has 2 aliphatic heterocycles. The molecule has 1 fully saturated rings.